The molecule has 1 unspecified atom stereocenters. The summed E-state index contributed by atoms with van der Waals surface area (Å²) in [6.45, 7) is 2.98. The van der Waals surface area contributed by atoms with E-state index in [0.717, 1.165) is 30.8 Å². The highest BCUT2D eigenvalue weighted by Gasteiger charge is 2.22. The summed E-state index contributed by atoms with van der Waals surface area (Å²) in [5.41, 5.74) is 1.36. The summed E-state index contributed by atoms with van der Waals surface area (Å²) in [7, 11) is 0. The van der Waals surface area contributed by atoms with Crippen LogP contribution in [0.4, 0.5) is 0 Å². The van der Waals surface area contributed by atoms with Crippen molar-refractivity contribution in [1.82, 2.24) is 5.32 Å². The SMILES string of the molecule is BrCCCCCNCC1COc2ccccc21. The quantitative estimate of drug-likeness (QED) is 0.616. The van der Waals surface area contributed by atoms with Crippen molar-refractivity contribution >= 4 is 15.9 Å². The zero-order chi connectivity index (χ0) is 11.9. The molecule has 1 aromatic carbocycles. The average Bonchev–Trinajstić information content (AvgIpc) is 2.77. The molecule has 0 saturated heterocycles. The van der Waals surface area contributed by atoms with Gasteiger partial charge >= 0.3 is 0 Å². The lowest BCUT2D eigenvalue weighted by Crippen LogP contribution is -2.23. The van der Waals surface area contributed by atoms with Gasteiger partial charge in [-0.25, -0.2) is 0 Å². The molecule has 3 heteroatoms. The normalized spacial score (nSPS) is 17.8. The molecule has 17 heavy (non-hydrogen) atoms. The number of benzene rings is 1. The highest BCUT2D eigenvalue weighted by molar-refractivity contribution is 9.09. The van der Waals surface area contributed by atoms with Gasteiger partial charge in [0.1, 0.15) is 5.75 Å². The Morgan fingerprint density at radius 2 is 2.12 bits per heavy atom. The predicted molar refractivity (Wildman–Crippen MR) is 75.2 cm³/mol. The van der Waals surface area contributed by atoms with Crippen LogP contribution in [0.3, 0.4) is 0 Å². The van der Waals surface area contributed by atoms with Crippen LogP contribution < -0.4 is 10.1 Å². The number of halogens is 1. The van der Waals surface area contributed by atoms with Crippen LogP contribution in [0.1, 0.15) is 30.7 Å². The lowest BCUT2D eigenvalue weighted by molar-refractivity contribution is 0.326. The Balaban J connectivity index is 1.68. The van der Waals surface area contributed by atoms with Gasteiger partial charge in [-0.3, -0.25) is 0 Å². The molecule has 0 fully saturated rings. The van der Waals surface area contributed by atoms with E-state index in [4.69, 9.17) is 4.74 Å². The largest absolute Gasteiger partial charge is 0.493 e. The van der Waals surface area contributed by atoms with Crippen molar-refractivity contribution in [3.8, 4) is 5.75 Å². The second kappa shape index (κ2) is 7.02. The van der Waals surface area contributed by atoms with Crippen LogP contribution in [-0.4, -0.2) is 25.0 Å². The van der Waals surface area contributed by atoms with Crippen molar-refractivity contribution in [2.45, 2.75) is 25.2 Å². The maximum Gasteiger partial charge on any atom is 0.122 e. The van der Waals surface area contributed by atoms with E-state index in [2.05, 4.69) is 39.4 Å². The maximum atomic E-state index is 5.66. The van der Waals surface area contributed by atoms with Crippen LogP contribution in [0.2, 0.25) is 0 Å². The van der Waals surface area contributed by atoms with E-state index in [0.29, 0.717) is 5.92 Å². The van der Waals surface area contributed by atoms with Crippen molar-refractivity contribution < 1.29 is 4.74 Å². The van der Waals surface area contributed by atoms with Gasteiger partial charge in [0.25, 0.3) is 0 Å². The first-order chi connectivity index (χ1) is 8.42. The average molecular weight is 298 g/mol. The molecule has 0 amide bonds. The van der Waals surface area contributed by atoms with Crippen LogP contribution in [0.15, 0.2) is 24.3 Å². The Hall–Kier alpha value is -0.540. The third-order valence-electron chi connectivity index (χ3n) is 3.18. The van der Waals surface area contributed by atoms with Crippen molar-refractivity contribution in [3.63, 3.8) is 0 Å². The molecule has 1 atom stereocenters. The van der Waals surface area contributed by atoms with E-state index in [1.54, 1.807) is 0 Å². The molecule has 0 saturated carbocycles. The Labute approximate surface area is 112 Å². The van der Waals surface area contributed by atoms with Gasteiger partial charge < -0.3 is 10.1 Å². The first-order valence-corrected chi connectivity index (χ1v) is 7.52. The molecule has 94 valence electrons. The molecule has 2 nitrogen and oxygen atoms in total. The van der Waals surface area contributed by atoms with Gasteiger partial charge in [-0.15, -0.1) is 0 Å². The highest BCUT2D eigenvalue weighted by atomic mass is 79.9. The van der Waals surface area contributed by atoms with Crippen LogP contribution in [-0.2, 0) is 0 Å². The fourth-order valence-corrected chi connectivity index (χ4v) is 2.59. The molecule has 1 aliphatic heterocycles. The maximum absolute atomic E-state index is 5.66. The second-order valence-electron chi connectivity index (χ2n) is 4.50. The third-order valence-corrected chi connectivity index (χ3v) is 3.74. The fraction of sp³-hybridized carbons (Fsp3) is 0.571. The Kier molecular flexibility index (Phi) is 5.33. The first-order valence-electron chi connectivity index (χ1n) is 6.40. The van der Waals surface area contributed by atoms with Crippen LogP contribution in [0, 0.1) is 0 Å². The summed E-state index contributed by atoms with van der Waals surface area (Å²) in [5, 5.41) is 4.65. The van der Waals surface area contributed by atoms with Crippen molar-refractivity contribution in [2.75, 3.05) is 25.0 Å². The van der Waals surface area contributed by atoms with Crippen molar-refractivity contribution in [2.24, 2.45) is 0 Å². The van der Waals surface area contributed by atoms with E-state index in [-0.39, 0.29) is 0 Å². The first kappa shape index (κ1) is 12.9. The number of hydrogen-bond donors (Lipinski definition) is 1. The van der Waals surface area contributed by atoms with Gasteiger partial charge in [0, 0.05) is 23.4 Å². The van der Waals surface area contributed by atoms with Gasteiger partial charge in [0.05, 0.1) is 6.61 Å². The number of fused-ring (bicyclic) bond motifs is 1. The third kappa shape index (κ3) is 3.71. The minimum atomic E-state index is 0.530. The monoisotopic (exact) mass is 297 g/mol. The van der Waals surface area contributed by atoms with Crippen LogP contribution >= 0.6 is 15.9 Å². The van der Waals surface area contributed by atoms with Crippen molar-refractivity contribution in [3.05, 3.63) is 29.8 Å². The number of hydrogen-bond acceptors (Lipinski definition) is 2. The smallest absolute Gasteiger partial charge is 0.122 e. The number of unbranched alkanes of at least 4 members (excludes halogenated alkanes) is 2. The van der Waals surface area contributed by atoms with E-state index in [1.807, 2.05) is 6.07 Å². The molecule has 0 radical (unpaired) electrons. The Morgan fingerprint density at radius 1 is 1.24 bits per heavy atom. The zero-order valence-electron chi connectivity index (χ0n) is 10.1. The molecule has 0 spiro atoms. The topological polar surface area (TPSA) is 21.3 Å². The fourth-order valence-electron chi connectivity index (χ4n) is 2.20. The van der Waals surface area contributed by atoms with Gasteiger partial charge in [-0.05, 0) is 25.5 Å². The second-order valence-corrected chi connectivity index (χ2v) is 5.29. The Bertz CT molecular complexity index is 343. The summed E-state index contributed by atoms with van der Waals surface area (Å²) in [6, 6.07) is 8.37. The van der Waals surface area contributed by atoms with Gasteiger partial charge in [-0.2, -0.15) is 0 Å². The number of ether oxygens (including phenoxy) is 1. The molecule has 0 bridgehead atoms. The summed E-state index contributed by atoms with van der Waals surface area (Å²) < 4.78 is 5.66. The molecule has 0 aromatic heterocycles. The molecule has 1 aromatic rings. The standard InChI is InChI=1S/C14H20BrNO/c15-8-4-1-5-9-16-10-12-11-17-14-7-3-2-6-13(12)14/h2-3,6-7,12,16H,1,4-5,8-11H2. The minimum Gasteiger partial charge on any atom is -0.493 e. The van der Waals surface area contributed by atoms with E-state index >= 15 is 0 Å². The summed E-state index contributed by atoms with van der Waals surface area (Å²) in [6.07, 6.45) is 3.84. The van der Waals surface area contributed by atoms with E-state index in [1.165, 1.54) is 24.8 Å². The Morgan fingerprint density at radius 3 is 3.00 bits per heavy atom. The summed E-state index contributed by atoms with van der Waals surface area (Å²) in [5.74, 6) is 1.60. The minimum absolute atomic E-state index is 0.530. The molecular weight excluding hydrogens is 278 g/mol. The summed E-state index contributed by atoms with van der Waals surface area (Å²) in [4.78, 5) is 0. The lowest BCUT2D eigenvalue weighted by Gasteiger charge is -2.10. The van der Waals surface area contributed by atoms with Gasteiger partial charge in [0.15, 0.2) is 0 Å². The molecule has 1 aliphatic rings. The van der Waals surface area contributed by atoms with Crippen molar-refractivity contribution in [1.29, 1.82) is 0 Å². The lowest BCUT2D eigenvalue weighted by atomic mass is 10.0. The van der Waals surface area contributed by atoms with Crippen LogP contribution in [0.25, 0.3) is 0 Å². The zero-order valence-corrected chi connectivity index (χ0v) is 11.7. The molecular formula is C14H20BrNO. The predicted octanol–water partition coefficient (Wildman–Crippen LogP) is 3.32. The molecule has 0 aliphatic carbocycles. The molecule has 1 N–H and O–H groups in total. The number of rotatable bonds is 7. The van der Waals surface area contributed by atoms with Gasteiger partial charge in [0.2, 0.25) is 0 Å². The number of para-hydroxylation sites is 1. The number of alkyl halides is 1. The van der Waals surface area contributed by atoms with E-state index in [9.17, 15) is 0 Å². The molecule has 2 rings (SSSR count). The van der Waals surface area contributed by atoms with Gasteiger partial charge in [-0.1, -0.05) is 40.5 Å². The highest BCUT2D eigenvalue weighted by Crippen LogP contribution is 2.32. The number of nitrogens with one attached hydrogen (secondary N) is 1. The van der Waals surface area contributed by atoms with E-state index < -0.39 is 0 Å². The summed E-state index contributed by atoms with van der Waals surface area (Å²) >= 11 is 3.45. The van der Waals surface area contributed by atoms with Crippen LogP contribution in [0.5, 0.6) is 5.75 Å². The molecule has 1 heterocycles.